The van der Waals surface area contributed by atoms with Crippen molar-refractivity contribution < 1.29 is 5.11 Å². The summed E-state index contributed by atoms with van der Waals surface area (Å²) in [5.74, 6) is 0.297. The van der Waals surface area contributed by atoms with Crippen LogP contribution in [0.15, 0.2) is 23.3 Å². The predicted molar refractivity (Wildman–Crippen MR) is 93.9 cm³/mol. The molecule has 4 nitrogen and oxygen atoms in total. The van der Waals surface area contributed by atoms with Crippen LogP contribution in [0.2, 0.25) is 0 Å². The first-order valence-corrected chi connectivity index (χ1v) is 8.47. The Balaban J connectivity index is 2.14. The number of phenols is 1. The number of benzene rings is 1. The highest BCUT2D eigenvalue weighted by Gasteiger charge is 2.22. The number of nitrogens with zero attached hydrogens (tertiary/aromatic N) is 3. The van der Waals surface area contributed by atoms with Crippen molar-refractivity contribution in [3.63, 3.8) is 0 Å². The summed E-state index contributed by atoms with van der Waals surface area (Å²) in [6.07, 6.45) is 5.45. The van der Waals surface area contributed by atoms with E-state index >= 15 is 0 Å². The second-order valence-corrected chi connectivity index (χ2v) is 6.17. The van der Waals surface area contributed by atoms with Crippen LogP contribution in [0, 0.1) is 0 Å². The van der Waals surface area contributed by atoms with Gasteiger partial charge in [-0.15, -0.1) is 0 Å². The maximum atomic E-state index is 10.3. The fourth-order valence-electron chi connectivity index (χ4n) is 3.19. The van der Waals surface area contributed by atoms with E-state index in [0.717, 1.165) is 24.3 Å². The third-order valence-corrected chi connectivity index (χ3v) is 4.62. The van der Waals surface area contributed by atoms with E-state index in [1.165, 1.54) is 19.3 Å². The molecule has 0 radical (unpaired) electrons. The average molecular weight is 303 g/mol. The number of hydrazone groups is 1. The van der Waals surface area contributed by atoms with Crippen LogP contribution in [0.4, 0.5) is 5.69 Å². The molecule has 1 N–H and O–H groups in total. The molecule has 0 aromatic heterocycles. The molecule has 2 atom stereocenters. The standard InChI is InChI=1S/C18H29N3O/c1-5-20(6-2)17-11-10-16(18(22)12-17)13-19-21-14(3)8-7-9-15(21)4/h10-15,22H,5-9H2,1-4H3/b19-13+/t14-,15-/m1/s1. The predicted octanol–water partition coefficient (Wildman–Crippen LogP) is 3.84. The topological polar surface area (TPSA) is 39.1 Å². The van der Waals surface area contributed by atoms with Crippen LogP contribution < -0.4 is 4.90 Å². The first-order chi connectivity index (χ1) is 10.6. The molecule has 1 aliphatic rings. The van der Waals surface area contributed by atoms with Crippen molar-refractivity contribution in [1.29, 1.82) is 0 Å². The molecule has 0 spiro atoms. The molecule has 0 aliphatic carbocycles. The summed E-state index contributed by atoms with van der Waals surface area (Å²) < 4.78 is 0. The molecular weight excluding hydrogens is 274 g/mol. The van der Waals surface area contributed by atoms with Gasteiger partial charge in [-0.2, -0.15) is 5.10 Å². The van der Waals surface area contributed by atoms with Crippen LogP contribution in [0.5, 0.6) is 5.75 Å². The van der Waals surface area contributed by atoms with Crippen LogP contribution in [-0.2, 0) is 0 Å². The van der Waals surface area contributed by atoms with Gasteiger partial charge in [0.1, 0.15) is 5.75 Å². The lowest BCUT2D eigenvalue weighted by atomic mass is 10.00. The van der Waals surface area contributed by atoms with E-state index < -0.39 is 0 Å². The first-order valence-electron chi connectivity index (χ1n) is 8.47. The van der Waals surface area contributed by atoms with Crippen LogP contribution in [0.1, 0.15) is 52.5 Å². The Hall–Kier alpha value is -1.71. The molecule has 22 heavy (non-hydrogen) atoms. The number of anilines is 1. The molecule has 1 saturated heterocycles. The molecule has 1 aromatic carbocycles. The normalized spacial score (nSPS) is 22.3. The number of aromatic hydroxyl groups is 1. The van der Waals surface area contributed by atoms with Gasteiger partial charge in [0.15, 0.2) is 0 Å². The number of hydrogen-bond donors (Lipinski definition) is 1. The lowest BCUT2D eigenvalue weighted by molar-refractivity contribution is 0.109. The van der Waals surface area contributed by atoms with Crippen molar-refractivity contribution in [2.45, 2.75) is 59.0 Å². The SMILES string of the molecule is CCN(CC)c1ccc(/C=N/N2[C@H](C)CCC[C@H]2C)c(O)c1. The van der Waals surface area contributed by atoms with Crippen molar-refractivity contribution in [2.24, 2.45) is 5.10 Å². The first kappa shape index (κ1) is 16.7. The van der Waals surface area contributed by atoms with Gasteiger partial charge in [-0.1, -0.05) is 0 Å². The molecule has 122 valence electrons. The highest BCUT2D eigenvalue weighted by atomic mass is 16.3. The minimum Gasteiger partial charge on any atom is -0.507 e. The monoisotopic (exact) mass is 303 g/mol. The molecule has 2 rings (SSSR count). The fraction of sp³-hybridized carbons (Fsp3) is 0.611. The Bertz CT molecular complexity index is 501. The molecule has 0 amide bonds. The zero-order valence-electron chi connectivity index (χ0n) is 14.3. The smallest absolute Gasteiger partial charge is 0.126 e. The van der Waals surface area contributed by atoms with Gasteiger partial charge in [0.2, 0.25) is 0 Å². The van der Waals surface area contributed by atoms with Crippen molar-refractivity contribution in [2.75, 3.05) is 18.0 Å². The Morgan fingerprint density at radius 1 is 1.23 bits per heavy atom. The van der Waals surface area contributed by atoms with E-state index in [4.69, 9.17) is 0 Å². The van der Waals surface area contributed by atoms with Gasteiger partial charge in [0.05, 0.1) is 6.21 Å². The molecule has 0 saturated carbocycles. The van der Waals surface area contributed by atoms with E-state index in [2.05, 4.69) is 48.8 Å². The zero-order valence-corrected chi connectivity index (χ0v) is 14.3. The Labute approximate surface area is 134 Å². The summed E-state index contributed by atoms with van der Waals surface area (Å²) >= 11 is 0. The van der Waals surface area contributed by atoms with E-state index in [1.54, 1.807) is 6.21 Å². The summed E-state index contributed by atoms with van der Waals surface area (Å²) in [5, 5.41) is 17.0. The lowest BCUT2D eigenvalue weighted by Gasteiger charge is -2.36. The molecule has 0 unspecified atom stereocenters. The minimum atomic E-state index is 0.297. The van der Waals surface area contributed by atoms with E-state index in [9.17, 15) is 5.11 Å². The van der Waals surface area contributed by atoms with Crippen LogP contribution in [0.3, 0.4) is 0 Å². The second kappa shape index (κ2) is 7.52. The summed E-state index contributed by atoms with van der Waals surface area (Å²) in [5.41, 5.74) is 1.83. The fourth-order valence-corrected chi connectivity index (χ4v) is 3.19. The number of hydrogen-bond acceptors (Lipinski definition) is 4. The highest BCUT2D eigenvalue weighted by Crippen LogP contribution is 2.25. The van der Waals surface area contributed by atoms with Crippen LogP contribution >= 0.6 is 0 Å². The molecule has 4 heteroatoms. The van der Waals surface area contributed by atoms with Gasteiger partial charge in [-0.05, 0) is 59.1 Å². The number of rotatable bonds is 5. The van der Waals surface area contributed by atoms with E-state index in [-0.39, 0.29) is 0 Å². The third kappa shape index (κ3) is 3.73. The molecule has 1 fully saturated rings. The second-order valence-electron chi connectivity index (χ2n) is 6.17. The number of piperidine rings is 1. The van der Waals surface area contributed by atoms with Gasteiger partial charge in [-0.25, -0.2) is 0 Å². The maximum Gasteiger partial charge on any atom is 0.126 e. The average Bonchev–Trinajstić information content (AvgIpc) is 2.50. The molecule has 1 heterocycles. The zero-order chi connectivity index (χ0) is 16.1. The molecule has 1 aromatic rings. The van der Waals surface area contributed by atoms with Crippen molar-refractivity contribution in [3.8, 4) is 5.75 Å². The Morgan fingerprint density at radius 3 is 2.41 bits per heavy atom. The molecular formula is C18H29N3O. The maximum absolute atomic E-state index is 10.3. The third-order valence-electron chi connectivity index (χ3n) is 4.62. The summed E-state index contributed by atoms with van der Waals surface area (Å²) in [6, 6.07) is 6.77. The lowest BCUT2D eigenvalue weighted by Crippen LogP contribution is -2.39. The Kier molecular flexibility index (Phi) is 5.69. The van der Waals surface area contributed by atoms with Crippen molar-refractivity contribution in [1.82, 2.24) is 5.01 Å². The van der Waals surface area contributed by atoms with Crippen molar-refractivity contribution >= 4 is 11.9 Å². The van der Waals surface area contributed by atoms with Crippen molar-refractivity contribution in [3.05, 3.63) is 23.8 Å². The summed E-state index contributed by atoms with van der Waals surface area (Å²) in [4.78, 5) is 2.22. The highest BCUT2D eigenvalue weighted by molar-refractivity contribution is 5.84. The largest absolute Gasteiger partial charge is 0.507 e. The summed E-state index contributed by atoms with van der Waals surface area (Å²) in [6.45, 7) is 10.6. The molecule has 0 bridgehead atoms. The van der Waals surface area contributed by atoms with Gasteiger partial charge >= 0.3 is 0 Å². The van der Waals surface area contributed by atoms with E-state index in [0.29, 0.717) is 17.8 Å². The number of phenolic OH excluding ortho intramolecular Hbond substituents is 1. The van der Waals surface area contributed by atoms with Gasteiger partial charge < -0.3 is 10.0 Å². The van der Waals surface area contributed by atoms with Crippen LogP contribution in [-0.4, -0.2) is 41.5 Å². The van der Waals surface area contributed by atoms with Gasteiger partial charge in [-0.3, -0.25) is 5.01 Å². The Morgan fingerprint density at radius 2 is 1.86 bits per heavy atom. The minimum absolute atomic E-state index is 0.297. The molecule has 1 aliphatic heterocycles. The van der Waals surface area contributed by atoms with Gasteiger partial charge in [0, 0.05) is 42.5 Å². The van der Waals surface area contributed by atoms with Gasteiger partial charge in [0.25, 0.3) is 0 Å². The van der Waals surface area contributed by atoms with E-state index in [1.807, 2.05) is 12.1 Å². The van der Waals surface area contributed by atoms with Crippen LogP contribution in [0.25, 0.3) is 0 Å². The quantitative estimate of drug-likeness (QED) is 0.840. The summed E-state index contributed by atoms with van der Waals surface area (Å²) in [7, 11) is 0.